The summed E-state index contributed by atoms with van der Waals surface area (Å²) in [6.45, 7) is 9.28. The normalized spacial score (nSPS) is 13.5. The summed E-state index contributed by atoms with van der Waals surface area (Å²) < 4.78 is 0. The van der Waals surface area contributed by atoms with Gasteiger partial charge in [0, 0.05) is 30.4 Å². The van der Waals surface area contributed by atoms with E-state index >= 15 is 0 Å². The van der Waals surface area contributed by atoms with E-state index < -0.39 is 5.97 Å². The van der Waals surface area contributed by atoms with Crippen LogP contribution in [0.5, 0.6) is 0 Å². The van der Waals surface area contributed by atoms with Crippen LogP contribution in [0.15, 0.2) is 24.4 Å². The molecule has 2 N–H and O–H groups in total. The third-order valence-corrected chi connectivity index (χ3v) is 3.41. The fourth-order valence-corrected chi connectivity index (χ4v) is 2.00. The van der Waals surface area contributed by atoms with Crippen molar-refractivity contribution in [2.75, 3.05) is 13.1 Å². The molecule has 0 aliphatic heterocycles. The lowest BCUT2D eigenvalue weighted by Crippen LogP contribution is -2.39. The second kappa shape index (κ2) is 6.66. The first kappa shape index (κ1) is 15.6. The Balaban J connectivity index is 2.54. The van der Waals surface area contributed by atoms with Crippen molar-refractivity contribution in [1.29, 1.82) is 0 Å². The minimum absolute atomic E-state index is 0.110. The van der Waals surface area contributed by atoms with Gasteiger partial charge in [-0.25, -0.2) is 0 Å². The highest BCUT2D eigenvalue weighted by atomic mass is 16.4. The Morgan fingerprint density at radius 2 is 2.11 bits per heavy atom. The van der Waals surface area contributed by atoms with Crippen LogP contribution in [0.2, 0.25) is 0 Å². The third kappa shape index (κ3) is 4.63. The van der Waals surface area contributed by atoms with Gasteiger partial charge in [0.2, 0.25) is 0 Å². The van der Waals surface area contributed by atoms with E-state index in [1.54, 1.807) is 6.20 Å². The Morgan fingerprint density at radius 3 is 2.58 bits per heavy atom. The summed E-state index contributed by atoms with van der Waals surface area (Å²) in [7, 11) is 0. The lowest BCUT2D eigenvalue weighted by atomic mass is 9.88. The van der Waals surface area contributed by atoms with E-state index in [9.17, 15) is 4.79 Å². The molecule has 0 saturated carbocycles. The quantitative estimate of drug-likeness (QED) is 0.793. The molecule has 106 valence electrons. The van der Waals surface area contributed by atoms with Crippen molar-refractivity contribution in [2.45, 2.75) is 33.1 Å². The Morgan fingerprint density at radius 1 is 1.42 bits per heavy atom. The molecule has 0 saturated heterocycles. The van der Waals surface area contributed by atoms with Crippen LogP contribution in [0.1, 0.15) is 33.4 Å². The van der Waals surface area contributed by atoms with Gasteiger partial charge in [-0.2, -0.15) is 0 Å². The monoisotopic (exact) mass is 264 g/mol. The van der Waals surface area contributed by atoms with Gasteiger partial charge >= 0.3 is 5.97 Å². The lowest BCUT2D eigenvalue weighted by molar-refractivity contribution is -0.143. The molecule has 1 rings (SSSR count). The Bertz CT molecular complexity index is 402. The molecule has 1 aromatic rings. The van der Waals surface area contributed by atoms with Gasteiger partial charge in [0.25, 0.3) is 0 Å². The highest BCUT2D eigenvalue weighted by Gasteiger charge is 2.25. The molecule has 0 aliphatic rings. The molecule has 0 amide bonds. The van der Waals surface area contributed by atoms with Crippen LogP contribution in [0, 0.1) is 11.8 Å². The SMILES string of the molecule is CC(C)C(CNCC(C)(C)c1ccccn1)C(=O)O. The summed E-state index contributed by atoms with van der Waals surface area (Å²) in [5.74, 6) is -0.958. The fraction of sp³-hybridized carbons (Fsp3) is 0.600. The number of carbonyl (C=O) groups is 1. The zero-order chi connectivity index (χ0) is 14.5. The van der Waals surface area contributed by atoms with Gasteiger partial charge in [-0.15, -0.1) is 0 Å². The second-order valence-electron chi connectivity index (χ2n) is 5.92. The van der Waals surface area contributed by atoms with E-state index in [1.807, 2.05) is 32.0 Å². The number of aromatic nitrogens is 1. The third-order valence-electron chi connectivity index (χ3n) is 3.41. The number of rotatable bonds is 7. The molecule has 0 aliphatic carbocycles. The molecule has 1 heterocycles. The second-order valence-corrected chi connectivity index (χ2v) is 5.92. The molecular formula is C15H24N2O2. The maximum absolute atomic E-state index is 11.1. The summed E-state index contributed by atoms with van der Waals surface area (Å²) in [6, 6.07) is 5.86. The molecular weight excluding hydrogens is 240 g/mol. The average molecular weight is 264 g/mol. The lowest BCUT2D eigenvalue weighted by Gasteiger charge is -2.26. The van der Waals surface area contributed by atoms with Gasteiger partial charge in [-0.1, -0.05) is 33.8 Å². The van der Waals surface area contributed by atoms with Gasteiger partial charge < -0.3 is 10.4 Å². The molecule has 0 radical (unpaired) electrons. The first-order valence-corrected chi connectivity index (χ1v) is 6.69. The molecule has 1 aromatic heterocycles. The van der Waals surface area contributed by atoms with E-state index in [2.05, 4.69) is 24.1 Å². The average Bonchev–Trinajstić information content (AvgIpc) is 2.34. The summed E-state index contributed by atoms with van der Waals surface area (Å²) in [5, 5.41) is 12.4. The van der Waals surface area contributed by atoms with Crippen LogP contribution in [-0.2, 0) is 10.2 Å². The molecule has 0 spiro atoms. The fourth-order valence-electron chi connectivity index (χ4n) is 2.00. The largest absolute Gasteiger partial charge is 0.481 e. The molecule has 4 nitrogen and oxygen atoms in total. The van der Waals surface area contributed by atoms with Gasteiger partial charge in [0.05, 0.1) is 5.92 Å². The van der Waals surface area contributed by atoms with Gasteiger partial charge in [0.15, 0.2) is 0 Å². The van der Waals surface area contributed by atoms with Gasteiger partial charge in [0.1, 0.15) is 0 Å². The van der Waals surface area contributed by atoms with E-state index in [1.165, 1.54) is 0 Å². The zero-order valence-corrected chi connectivity index (χ0v) is 12.2. The Kier molecular flexibility index (Phi) is 5.48. The number of nitrogens with zero attached hydrogens (tertiary/aromatic N) is 1. The van der Waals surface area contributed by atoms with Crippen molar-refractivity contribution in [3.8, 4) is 0 Å². The molecule has 0 aromatic carbocycles. The smallest absolute Gasteiger partial charge is 0.308 e. The molecule has 4 heteroatoms. The number of hydrogen-bond donors (Lipinski definition) is 2. The van der Waals surface area contributed by atoms with Crippen LogP contribution in [-0.4, -0.2) is 29.1 Å². The minimum atomic E-state index is -0.738. The summed E-state index contributed by atoms with van der Waals surface area (Å²) in [6.07, 6.45) is 1.78. The summed E-state index contributed by atoms with van der Waals surface area (Å²) >= 11 is 0. The summed E-state index contributed by atoms with van der Waals surface area (Å²) in [4.78, 5) is 15.5. The van der Waals surface area contributed by atoms with E-state index in [-0.39, 0.29) is 17.3 Å². The zero-order valence-electron chi connectivity index (χ0n) is 12.2. The van der Waals surface area contributed by atoms with Crippen molar-refractivity contribution in [3.05, 3.63) is 30.1 Å². The van der Waals surface area contributed by atoms with Crippen LogP contribution in [0.25, 0.3) is 0 Å². The van der Waals surface area contributed by atoms with Gasteiger partial charge in [-0.05, 0) is 18.1 Å². The molecule has 1 atom stereocenters. The maximum Gasteiger partial charge on any atom is 0.308 e. The van der Waals surface area contributed by atoms with Gasteiger partial charge in [-0.3, -0.25) is 9.78 Å². The van der Waals surface area contributed by atoms with E-state index in [0.717, 1.165) is 5.69 Å². The highest BCUT2D eigenvalue weighted by molar-refractivity contribution is 5.70. The standard InChI is InChI=1S/C15H24N2O2/c1-11(2)12(14(18)19)9-16-10-15(3,4)13-7-5-6-8-17-13/h5-8,11-12,16H,9-10H2,1-4H3,(H,18,19). The predicted octanol–water partition coefficient (Wildman–Crippen LogP) is 2.31. The number of pyridine rings is 1. The molecule has 19 heavy (non-hydrogen) atoms. The number of aliphatic carboxylic acids is 1. The van der Waals surface area contributed by atoms with E-state index in [0.29, 0.717) is 13.1 Å². The minimum Gasteiger partial charge on any atom is -0.481 e. The Labute approximate surface area is 115 Å². The number of carboxylic acid groups (broad SMARTS) is 1. The first-order valence-electron chi connectivity index (χ1n) is 6.69. The number of hydrogen-bond acceptors (Lipinski definition) is 3. The van der Waals surface area contributed by atoms with Crippen molar-refractivity contribution in [2.24, 2.45) is 11.8 Å². The molecule has 0 fully saturated rings. The molecule has 0 bridgehead atoms. The Hall–Kier alpha value is -1.42. The van der Waals surface area contributed by atoms with Crippen molar-refractivity contribution in [3.63, 3.8) is 0 Å². The number of carboxylic acids is 1. The van der Waals surface area contributed by atoms with Crippen molar-refractivity contribution >= 4 is 5.97 Å². The predicted molar refractivity (Wildman–Crippen MR) is 76.1 cm³/mol. The maximum atomic E-state index is 11.1. The topological polar surface area (TPSA) is 62.2 Å². The van der Waals surface area contributed by atoms with Crippen molar-refractivity contribution < 1.29 is 9.90 Å². The van der Waals surface area contributed by atoms with E-state index in [4.69, 9.17) is 5.11 Å². The highest BCUT2D eigenvalue weighted by Crippen LogP contribution is 2.19. The summed E-state index contributed by atoms with van der Waals surface area (Å²) in [5.41, 5.74) is 0.903. The van der Waals surface area contributed by atoms with Crippen LogP contribution >= 0.6 is 0 Å². The first-order chi connectivity index (χ1) is 8.84. The van der Waals surface area contributed by atoms with Crippen molar-refractivity contribution in [1.82, 2.24) is 10.3 Å². The van der Waals surface area contributed by atoms with Crippen LogP contribution < -0.4 is 5.32 Å². The van der Waals surface area contributed by atoms with Crippen LogP contribution in [0.4, 0.5) is 0 Å². The number of nitrogens with one attached hydrogen (secondary N) is 1. The van der Waals surface area contributed by atoms with Crippen LogP contribution in [0.3, 0.4) is 0 Å². The molecule has 1 unspecified atom stereocenters.